The van der Waals surface area contributed by atoms with E-state index < -0.39 is 5.97 Å². The van der Waals surface area contributed by atoms with Gasteiger partial charge in [-0.05, 0) is 42.8 Å². The number of oxazole rings is 1. The zero-order valence-electron chi connectivity index (χ0n) is 11.8. The van der Waals surface area contributed by atoms with Crippen LogP contribution in [0.25, 0.3) is 23.8 Å². The molecule has 1 aromatic carbocycles. The normalized spacial score (nSPS) is 11.1. The SMILES string of the molecule is Cc1oc(-c2ccco2)nc1/C=C/c1ccc(C(=O)O)cc1. The Morgan fingerprint density at radius 1 is 1.18 bits per heavy atom. The van der Waals surface area contributed by atoms with E-state index in [1.54, 1.807) is 42.7 Å². The molecule has 0 saturated carbocycles. The predicted molar refractivity (Wildman–Crippen MR) is 81.3 cm³/mol. The third-order valence-electron chi connectivity index (χ3n) is 3.16. The Kier molecular flexibility index (Phi) is 3.62. The molecule has 0 atom stereocenters. The fourth-order valence-corrected chi connectivity index (χ4v) is 1.98. The van der Waals surface area contributed by atoms with Crippen molar-refractivity contribution in [2.45, 2.75) is 6.92 Å². The van der Waals surface area contributed by atoms with Gasteiger partial charge in [0.1, 0.15) is 11.5 Å². The van der Waals surface area contributed by atoms with E-state index in [4.69, 9.17) is 13.9 Å². The van der Waals surface area contributed by atoms with Crippen LogP contribution in [0.5, 0.6) is 0 Å². The van der Waals surface area contributed by atoms with Crippen LogP contribution in [0.15, 0.2) is 51.5 Å². The smallest absolute Gasteiger partial charge is 0.335 e. The van der Waals surface area contributed by atoms with E-state index >= 15 is 0 Å². The summed E-state index contributed by atoms with van der Waals surface area (Å²) in [5.41, 5.74) is 1.84. The van der Waals surface area contributed by atoms with Crippen LogP contribution in [0.2, 0.25) is 0 Å². The van der Waals surface area contributed by atoms with Crippen molar-refractivity contribution in [3.05, 3.63) is 65.2 Å². The Balaban J connectivity index is 1.82. The molecule has 0 radical (unpaired) electrons. The first kappa shape index (κ1) is 13.9. The molecule has 0 aliphatic heterocycles. The summed E-state index contributed by atoms with van der Waals surface area (Å²) in [4.78, 5) is 15.2. The third kappa shape index (κ3) is 2.83. The molecular weight excluding hydrogens is 282 g/mol. The molecule has 110 valence electrons. The van der Waals surface area contributed by atoms with Gasteiger partial charge in [-0.1, -0.05) is 18.2 Å². The Morgan fingerprint density at radius 2 is 1.95 bits per heavy atom. The molecule has 2 heterocycles. The van der Waals surface area contributed by atoms with Crippen molar-refractivity contribution >= 4 is 18.1 Å². The van der Waals surface area contributed by atoms with Crippen LogP contribution in [0.4, 0.5) is 0 Å². The second-order valence-electron chi connectivity index (χ2n) is 4.70. The average molecular weight is 295 g/mol. The lowest BCUT2D eigenvalue weighted by Gasteiger charge is -1.95. The summed E-state index contributed by atoms with van der Waals surface area (Å²) in [5.74, 6) is 0.757. The highest BCUT2D eigenvalue weighted by atomic mass is 16.4. The number of carbonyl (C=O) groups is 1. The van der Waals surface area contributed by atoms with Crippen LogP contribution in [-0.2, 0) is 0 Å². The van der Waals surface area contributed by atoms with Gasteiger partial charge in [0.25, 0.3) is 5.89 Å². The van der Waals surface area contributed by atoms with Gasteiger partial charge >= 0.3 is 5.97 Å². The van der Waals surface area contributed by atoms with Crippen LogP contribution >= 0.6 is 0 Å². The first-order valence-corrected chi connectivity index (χ1v) is 6.66. The van der Waals surface area contributed by atoms with Crippen LogP contribution < -0.4 is 0 Å². The van der Waals surface area contributed by atoms with Gasteiger partial charge in [-0.3, -0.25) is 0 Å². The van der Waals surface area contributed by atoms with Crippen molar-refractivity contribution in [3.8, 4) is 11.7 Å². The highest BCUT2D eigenvalue weighted by Crippen LogP contribution is 2.23. The molecule has 0 spiro atoms. The maximum absolute atomic E-state index is 10.8. The van der Waals surface area contributed by atoms with Crippen LogP contribution in [0.1, 0.15) is 27.4 Å². The summed E-state index contributed by atoms with van der Waals surface area (Å²) in [6, 6.07) is 10.2. The van der Waals surface area contributed by atoms with Gasteiger partial charge in [0, 0.05) is 0 Å². The van der Waals surface area contributed by atoms with Gasteiger partial charge in [-0.15, -0.1) is 0 Å². The highest BCUT2D eigenvalue weighted by molar-refractivity contribution is 5.88. The molecule has 5 nitrogen and oxygen atoms in total. The number of carboxylic acids is 1. The second-order valence-corrected chi connectivity index (χ2v) is 4.70. The van der Waals surface area contributed by atoms with Crippen molar-refractivity contribution in [1.29, 1.82) is 0 Å². The molecule has 3 aromatic rings. The number of nitrogens with zero attached hydrogens (tertiary/aromatic N) is 1. The summed E-state index contributed by atoms with van der Waals surface area (Å²) < 4.78 is 10.8. The number of furan rings is 1. The number of hydrogen-bond acceptors (Lipinski definition) is 4. The number of carboxylic acid groups (broad SMARTS) is 1. The minimum Gasteiger partial charge on any atom is -0.478 e. The number of aromatic carboxylic acids is 1. The van der Waals surface area contributed by atoms with Crippen molar-refractivity contribution < 1.29 is 18.7 Å². The molecule has 22 heavy (non-hydrogen) atoms. The summed E-state index contributed by atoms with van der Waals surface area (Å²) >= 11 is 0. The summed E-state index contributed by atoms with van der Waals surface area (Å²) in [6.07, 6.45) is 5.23. The van der Waals surface area contributed by atoms with Crippen LogP contribution in [0.3, 0.4) is 0 Å². The number of benzene rings is 1. The monoisotopic (exact) mass is 295 g/mol. The Labute approximate surface area is 126 Å². The number of aromatic nitrogens is 1. The molecule has 0 bridgehead atoms. The quantitative estimate of drug-likeness (QED) is 0.783. The van der Waals surface area contributed by atoms with E-state index in [1.807, 2.05) is 19.1 Å². The molecule has 0 aliphatic rings. The zero-order valence-corrected chi connectivity index (χ0v) is 11.8. The molecule has 0 amide bonds. The van der Waals surface area contributed by atoms with Gasteiger partial charge in [-0.2, -0.15) is 0 Å². The fourth-order valence-electron chi connectivity index (χ4n) is 1.98. The maximum atomic E-state index is 10.8. The van der Waals surface area contributed by atoms with Crippen molar-refractivity contribution in [2.75, 3.05) is 0 Å². The minimum atomic E-state index is -0.939. The highest BCUT2D eigenvalue weighted by Gasteiger charge is 2.11. The lowest BCUT2D eigenvalue weighted by atomic mass is 10.1. The first-order valence-electron chi connectivity index (χ1n) is 6.66. The zero-order chi connectivity index (χ0) is 15.5. The first-order chi connectivity index (χ1) is 10.6. The topological polar surface area (TPSA) is 76.5 Å². The van der Waals surface area contributed by atoms with Crippen molar-refractivity contribution in [1.82, 2.24) is 4.98 Å². The van der Waals surface area contributed by atoms with E-state index in [0.717, 1.165) is 5.56 Å². The maximum Gasteiger partial charge on any atom is 0.335 e. The Morgan fingerprint density at radius 3 is 2.59 bits per heavy atom. The minimum absolute atomic E-state index is 0.259. The van der Waals surface area contributed by atoms with E-state index in [0.29, 0.717) is 23.1 Å². The van der Waals surface area contributed by atoms with Gasteiger partial charge in [0.15, 0.2) is 5.76 Å². The largest absolute Gasteiger partial charge is 0.478 e. The van der Waals surface area contributed by atoms with Gasteiger partial charge in [-0.25, -0.2) is 9.78 Å². The summed E-state index contributed by atoms with van der Waals surface area (Å²) in [5, 5.41) is 8.86. The predicted octanol–water partition coefficient (Wildman–Crippen LogP) is 4.11. The Hall–Kier alpha value is -3.08. The van der Waals surface area contributed by atoms with E-state index in [2.05, 4.69) is 4.98 Å². The molecule has 0 aliphatic carbocycles. The van der Waals surface area contributed by atoms with Crippen LogP contribution in [-0.4, -0.2) is 16.1 Å². The average Bonchev–Trinajstić information content (AvgIpc) is 3.15. The molecule has 3 rings (SSSR count). The van der Waals surface area contributed by atoms with Crippen molar-refractivity contribution in [2.24, 2.45) is 0 Å². The van der Waals surface area contributed by atoms with Gasteiger partial charge in [0.2, 0.25) is 0 Å². The molecule has 0 unspecified atom stereocenters. The molecule has 5 heteroatoms. The summed E-state index contributed by atoms with van der Waals surface area (Å²) in [7, 11) is 0. The lowest BCUT2D eigenvalue weighted by molar-refractivity contribution is 0.0697. The molecular formula is C17H13NO4. The Bertz CT molecular complexity index is 811. The lowest BCUT2D eigenvalue weighted by Crippen LogP contribution is -1.94. The summed E-state index contributed by atoms with van der Waals surface area (Å²) in [6.45, 7) is 1.83. The van der Waals surface area contributed by atoms with Gasteiger partial charge < -0.3 is 13.9 Å². The van der Waals surface area contributed by atoms with Gasteiger partial charge in [0.05, 0.1) is 11.8 Å². The van der Waals surface area contributed by atoms with Crippen LogP contribution in [0, 0.1) is 6.92 Å². The fraction of sp³-hybridized carbons (Fsp3) is 0.0588. The standard InChI is InChI=1S/C17H13NO4/c1-11-14(18-16(22-11)15-3-2-10-21-15)9-6-12-4-7-13(8-5-12)17(19)20/h2-10H,1H3,(H,19,20)/b9-6+. The molecule has 0 fully saturated rings. The van der Waals surface area contributed by atoms with Crippen molar-refractivity contribution in [3.63, 3.8) is 0 Å². The van der Waals surface area contributed by atoms with E-state index in [-0.39, 0.29) is 5.56 Å². The third-order valence-corrected chi connectivity index (χ3v) is 3.16. The number of rotatable bonds is 4. The number of hydrogen-bond donors (Lipinski definition) is 1. The van der Waals surface area contributed by atoms with E-state index in [9.17, 15) is 4.79 Å². The van der Waals surface area contributed by atoms with E-state index in [1.165, 1.54) is 0 Å². The molecule has 1 N–H and O–H groups in total. The second kappa shape index (κ2) is 5.73. The molecule has 2 aromatic heterocycles. The molecule has 0 saturated heterocycles. The number of aryl methyl sites for hydroxylation is 1.